The molecule has 3 aromatic carbocycles. The van der Waals surface area contributed by atoms with E-state index in [0.29, 0.717) is 0 Å². The number of hydrogen-bond donors (Lipinski definition) is 2. The van der Waals surface area contributed by atoms with Crippen molar-refractivity contribution in [1.82, 2.24) is 0 Å². The van der Waals surface area contributed by atoms with Crippen molar-refractivity contribution >= 4 is 27.5 Å². The van der Waals surface area contributed by atoms with Gasteiger partial charge in [-0.1, -0.05) is 36.4 Å². The molecular weight excluding hydrogens is 250 g/mol. The molecule has 0 amide bonds. The predicted molar refractivity (Wildman–Crippen MR) is 80.6 cm³/mol. The summed E-state index contributed by atoms with van der Waals surface area (Å²) in [5.74, 6) is -0.879. The minimum atomic E-state index is -0.879. The molecule has 0 bridgehead atoms. The zero-order chi connectivity index (χ0) is 14.1. The molecule has 3 heteroatoms. The molecule has 20 heavy (non-hydrogen) atoms. The molecule has 3 N–H and O–H groups in total. The summed E-state index contributed by atoms with van der Waals surface area (Å²) in [4.78, 5) is 10.7. The van der Waals surface area contributed by atoms with E-state index in [1.165, 1.54) is 10.8 Å². The van der Waals surface area contributed by atoms with Crippen molar-refractivity contribution < 1.29 is 9.90 Å². The molecule has 0 heterocycles. The molecule has 0 fully saturated rings. The Bertz CT molecular complexity index is 795. The fourth-order valence-electron chi connectivity index (χ4n) is 2.50. The standard InChI is InChI=1S/C17H15NO2/c18-16(10-17(19)20)14-6-5-13-7-11-3-1-2-4-12(11)8-15(13)9-14/h1-9,16H,10,18H2,(H,19,20). The van der Waals surface area contributed by atoms with Gasteiger partial charge in [-0.25, -0.2) is 0 Å². The molecule has 100 valence electrons. The summed E-state index contributed by atoms with van der Waals surface area (Å²) in [6, 6.07) is 17.8. The van der Waals surface area contributed by atoms with Crippen molar-refractivity contribution in [3.05, 3.63) is 60.2 Å². The van der Waals surface area contributed by atoms with Gasteiger partial charge in [0.05, 0.1) is 6.42 Å². The van der Waals surface area contributed by atoms with E-state index < -0.39 is 12.0 Å². The number of carboxylic acids is 1. The van der Waals surface area contributed by atoms with Crippen molar-refractivity contribution in [3.63, 3.8) is 0 Å². The van der Waals surface area contributed by atoms with Gasteiger partial charge >= 0.3 is 5.97 Å². The van der Waals surface area contributed by atoms with E-state index in [9.17, 15) is 4.79 Å². The average molecular weight is 265 g/mol. The molecule has 3 rings (SSSR count). The molecule has 3 nitrogen and oxygen atoms in total. The quantitative estimate of drug-likeness (QED) is 0.713. The fourth-order valence-corrected chi connectivity index (χ4v) is 2.50. The van der Waals surface area contributed by atoms with Crippen LogP contribution in [-0.2, 0) is 4.79 Å². The summed E-state index contributed by atoms with van der Waals surface area (Å²) in [5.41, 5.74) is 6.78. The maximum Gasteiger partial charge on any atom is 0.305 e. The Labute approximate surface area is 116 Å². The van der Waals surface area contributed by atoms with Crippen LogP contribution in [0.15, 0.2) is 54.6 Å². The van der Waals surface area contributed by atoms with Gasteiger partial charge in [0.15, 0.2) is 0 Å². The second-order valence-electron chi connectivity index (χ2n) is 5.01. The van der Waals surface area contributed by atoms with E-state index in [-0.39, 0.29) is 6.42 Å². The van der Waals surface area contributed by atoms with E-state index in [4.69, 9.17) is 10.8 Å². The first kappa shape index (κ1) is 12.6. The van der Waals surface area contributed by atoms with Crippen LogP contribution in [0.1, 0.15) is 18.0 Å². The van der Waals surface area contributed by atoms with Crippen molar-refractivity contribution in [3.8, 4) is 0 Å². The Kier molecular flexibility index (Phi) is 3.12. The largest absolute Gasteiger partial charge is 0.481 e. The molecule has 1 atom stereocenters. The van der Waals surface area contributed by atoms with E-state index in [0.717, 1.165) is 16.3 Å². The van der Waals surface area contributed by atoms with Crippen molar-refractivity contribution in [2.45, 2.75) is 12.5 Å². The molecule has 0 aliphatic rings. The molecule has 1 unspecified atom stereocenters. The molecule has 0 aliphatic heterocycles. The van der Waals surface area contributed by atoms with E-state index in [1.54, 1.807) is 0 Å². The Morgan fingerprint density at radius 1 is 0.950 bits per heavy atom. The molecule has 0 spiro atoms. The van der Waals surface area contributed by atoms with Gasteiger partial charge in [0, 0.05) is 6.04 Å². The number of carboxylic acid groups (broad SMARTS) is 1. The maximum atomic E-state index is 10.7. The number of carbonyl (C=O) groups is 1. The van der Waals surface area contributed by atoms with E-state index in [1.807, 2.05) is 30.3 Å². The van der Waals surface area contributed by atoms with Crippen LogP contribution in [0.4, 0.5) is 0 Å². The van der Waals surface area contributed by atoms with Crippen LogP contribution in [0.3, 0.4) is 0 Å². The topological polar surface area (TPSA) is 63.3 Å². The zero-order valence-electron chi connectivity index (χ0n) is 10.9. The van der Waals surface area contributed by atoms with E-state index >= 15 is 0 Å². The third kappa shape index (κ3) is 2.36. The Morgan fingerprint density at radius 2 is 1.55 bits per heavy atom. The van der Waals surface area contributed by atoms with Gasteiger partial charge in [-0.3, -0.25) is 4.79 Å². The van der Waals surface area contributed by atoms with Crippen LogP contribution < -0.4 is 5.73 Å². The van der Waals surface area contributed by atoms with Gasteiger partial charge < -0.3 is 10.8 Å². The first-order chi connectivity index (χ1) is 9.63. The second kappa shape index (κ2) is 4.94. The van der Waals surface area contributed by atoms with Crippen molar-refractivity contribution in [1.29, 1.82) is 0 Å². The summed E-state index contributed by atoms with van der Waals surface area (Å²) in [6.07, 6.45) is -0.0565. The van der Waals surface area contributed by atoms with Crippen LogP contribution in [0.25, 0.3) is 21.5 Å². The summed E-state index contributed by atoms with van der Waals surface area (Å²) in [6.45, 7) is 0. The zero-order valence-corrected chi connectivity index (χ0v) is 10.9. The third-order valence-electron chi connectivity index (χ3n) is 3.55. The summed E-state index contributed by atoms with van der Waals surface area (Å²) in [7, 11) is 0. The number of fused-ring (bicyclic) bond motifs is 2. The summed E-state index contributed by atoms with van der Waals surface area (Å²) < 4.78 is 0. The number of aliphatic carboxylic acids is 1. The highest BCUT2D eigenvalue weighted by Crippen LogP contribution is 2.26. The Hall–Kier alpha value is -2.39. The van der Waals surface area contributed by atoms with Gasteiger partial charge in [-0.2, -0.15) is 0 Å². The highest BCUT2D eigenvalue weighted by atomic mass is 16.4. The lowest BCUT2D eigenvalue weighted by Gasteiger charge is -2.11. The van der Waals surface area contributed by atoms with Crippen LogP contribution in [0.2, 0.25) is 0 Å². The van der Waals surface area contributed by atoms with Gasteiger partial charge in [0.1, 0.15) is 0 Å². The van der Waals surface area contributed by atoms with Crippen LogP contribution >= 0.6 is 0 Å². The molecule has 0 saturated carbocycles. The number of nitrogens with two attached hydrogens (primary N) is 1. The van der Waals surface area contributed by atoms with Crippen molar-refractivity contribution in [2.75, 3.05) is 0 Å². The van der Waals surface area contributed by atoms with Crippen LogP contribution in [-0.4, -0.2) is 11.1 Å². The van der Waals surface area contributed by atoms with Crippen LogP contribution in [0, 0.1) is 0 Å². The average Bonchev–Trinajstić information content (AvgIpc) is 2.43. The highest BCUT2D eigenvalue weighted by Gasteiger charge is 2.11. The molecule has 0 aliphatic carbocycles. The monoisotopic (exact) mass is 265 g/mol. The summed E-state index contributed by atoms with van der Waals surface area (Å²) >= 11 is 0. The second-order valence-corrected chi connectivity index (χ2v) is 5.01. The fraction of sp³-hybridized carbons (Fsp3) is 0.118. The molecule has 0 radical (unpaired) electrons. The lowest BCUT2D eigenvalue weighted by Crippen LogP contribution is -2.14. The first-order valence-electron chi connectivity index (χ1n) is 6.53. The molecular formula is C17H15NO2. The minimum Gasteiger partial charge on any atom is -0.481 e. The minimum absolute atomic E-state index is 0.0565. The molecule has 0 saturated heterocycles. The first-order valence-corrected chi connectivity index (χ1v) is 6.53. The SMILES string of the molecule is NC(CC(=O)O)c1ccc2cc3ccccc3cc2c1. The number of rotatable bonds is 3. The van der Waals surface area contributed by atoms with Crippen LogP contribution in [0.5, 0.6) is 0 Å². The normalized spacial score (nSPS) is 12.7. The number of benzene rings is 3. The van der Waals surface area contributed by atoms with Gasteiger partial charge in [-0.15, -0.1) is 0 Å². The number of hydrogen-bond acceptors (Lipinski definition) is 2. The smallest absolute Gasteiger partial charge is 0.305 e. The Balaban J connectivity index is 2.10. The summed E-state index contributed by atoms with van der Waals surface area (Å²) in [5, 5.41) is 13.4. The molecule has 3 aromatic rings. The van der Waals surface area contributed by atoms with Crippen molar-refractivity contribution in [2.24, 2.45) is 5.73 Å². The van der Waals surface area contributed by atoms with Gasteiger partial charge in [-0.05, 0) is 45.3 Å². The highest BCUT2D eigenvalue weighted by molar-refractivity contribution is 5.98. The maximum absolute atomic E-state index is 10.7. The molecule has 0 aromatic heterocycles. The lowest BCUT2D eigenvalue weighted by atomic mass is 9.98. The van der Waals surface area contributed by atoms with Gasteiger partial charge in [0.25, 0.3) is 0 Å². The lowest BCUT2D eigenvalue weighted by molar-refractivity contribution is -0.137. The van der Waals surface area contributed by atoms with Gasteiger partial charge in [0.2, 0.25) is 0 Å². The predicted octanol–water partition coefficient (Wildman–Crippen LogP) is 3.47. The van der Waals surface area contributed by atoms with E-state index in [2.05, 4.69) is 24.3 Å². The Morgan fingerprint density at radius 3 is 2.20 bits per heavy atom. The third-order valence-corrected chi connectivity index (χ3v) is 3.55.